The van der Waals surface area contributed by atoms with Gasteiger partial charge in [0.05, 0.1) is 25.5 Å². The van der Waals surface area contributed by atoms with Crippen LogP contribution in [0.2, 0.25) is 0 Å². The van der Waals surface area contributed by atoms with Gasteiger partial charge in [-0.05, 0) is 68.0 Å². The van der Waals surface area contributed by atoms with Crippen molar-refractivity contribution in [3.05, 3.63) is 45.8 Å². The van der Waals surface area contributed by atoms with E-state index in [0.717, 1.165) is 48.1 Å². The number of hydrazone groups is 1. The predicted molar refractivity (Wildman–Crippen MR) is 119 cm³/mol. The molecule has 0 unspecified atom stereocenters. The minimum Gasteiger partial charge on any atom is -0.497 e. The molecule has 0 saturated heterocycles. The van der Waals surface area contributed by atoms with E-state index in [1.165, 1.54) is 17.6 Å². The van der Waals surface area contributed by atoms with Gasteiger partial charge in [0.2, 0.25) is 0 Å². The van der Waals surface area contributed by atoms with Crippen molar-refractivity contribution < 1.29 is 23.9 Å². The number of thiophene rings is 1. The molecule has 164 valence electrons. The zero-order valence-electron chi connectivity index (χ0n) is 17.5. The Morgan fingerprint density at radius 2 is 1.84 bits per heavy atom. The van der Waals surface area contributed by atoms with E-state index in [1.54, 1.807) is 38.3 Å². The van der Waals surface area contributed by atoms with Gasteiger partial charge in [0, 0.05) is 4.88 Å². The molecule has 0 spiro atoms. The number of rotatable bonds is 6. The van der Waals surface area contributed by atoms with Gasteiger partial charge in [-0.3, -0.25) is 9.59 Å². The van der Waals surface area contributed by atoms with Crippen LogP contribution in [-0.2, 0) is 27.2 Å². The van der Waals surface area contributed by atoms with Crippen LogP contribution in [0, 0.1) is 0 Å². The summed E-state index contributed by atoms with van der Waals surface area (Å²) in [5.41, 5.74) is 4.22. The normalized spacial score (nSPS) is 13.2. The van der Waals surface area contributed by atoms with Gasteiger partial charge in [0.15, 0.2) is 0 Å². The lowest BCUT2D eigenvalue weighted by Crippen LogP contribution is -2.32. The molecule has 0 saturated carbocycles. The number of benzene rings is 1. The van der Waals surface area contributed by atoms with Crippen molar-refractivity contribution in [3.8, 4) is 5.75 Å². The van der Waals surface area contributed by atoms with Crippen molar-refractivity contribution in [2.75, 3.05) is 19.0 Å². The van der Waals surface area contributed by atoms with Crippen molar-refractivity contribution in [2.24, 2.45) is 5.10 Å². The van der Waals surface area contributed by atoms with Crippen LogP contribution in [0.1, 0.15) is 52.5 Å². The van der Waals surface area contributed by atoms with Crippen LogP contribution in [0.5, 0.6) is 5.75 Å². The number of hydrogen-bond acceptors (Lipinski definition) is 7. The first-order valence-corrected chi connectivity index (χ1v) is 10.9. The van der Waals surface area contributed by atoms with Gasteiger partial charge >= 0.3 is 17.8 Å². The molecule has 8 nitrogen and oxygen atoms in total. The molecule has 1 aromatic carbocycles. The second-order valence-corrected chi connectivity index (χ2v) is 8.02. The molecule has 0 fully saturated rings. The van der Waals surface area contributed by atoms with Crippen LogP contribution >= 0.6 is 11.3 Å². The van der Waals surface area contributed by atoms with Crippen LogP contribution in [0.4, 0.5) is 5.00 Å². The first kappa shape index (κ1) is 22.5. The molecular formula is C22H25N3O5S. The molecule has 1 heterocycles. The topological polar surface area (TPSA) is 106 Å². The third kappa shape index (κ3) is 5.69. The van der Waals surface area contributed by atoms with Gasteiger partial charge in [-0.25, -0.2) is 10.2 Å². The van der Waals surface area contributed by atoms with E-state index < -0.39 is 17.8 Å². The molecular weight excluding hydrogens is 418 g/mol. The largest absolute Gasteiger partial charge is 0.497 e. The number of fused-ring (bicyclic) bond motifs is 1. The van der Waals surface area contributed by atoms with E-state index in [2.05, 4.69) is 15.8 Å². The Morgan fingerprint density at radius 3 is 2.55 bits per heavy atom. The number of methoxy groups -OCH3 is 1. The summed E-state index contributed by atoms with van der Waals surface area (Å²) in [5.74, 6) is -1.60. The summed E-state index contributed by atoms with van der Waals surface area (Å²) in [5, 5.41) is 6.73. The van der Waals surface area contributed by atoms with Crippen LogP contribution < -0.4 is 15.5 Å². The van der Waals surface area contributed by atoms with Crippen molar-refractivity contribution in [1.82, 2.24) is 5.43 Å². The number of carbonyl (C=O) groups excluding carboxylic acids is 3. The Morgan fingerprint density at radius 1 is 1.10 bits per heavy atom. The fraction of sp³-hybridized carbons (Fsp3) is 0.364. The van der Waals surface area contributed by atoms with E-state index in [0.29, 0.717) is 16.3 Å². The van der Waals surface area contributed by atoms with Gasteiger partial charge in [-0.1, -0.05) is 6.42 Å². The number of ether oxygens (including phenoxy) is 2. The third-order valence-corrected chi connectivity index (χ3v) is 6.04. The molecule has 31 heavy (non-hydrogen) atoms. The van der Waals surface area contributed by atoms with Crippen molar-refractivity contribution in [3.63, 3.8) is 0 Å². The van der Waals surface area contributed by atoms with Crippen LogP contribution in [0.25, 0.3) is 0 Å². The summed E-state index contributed by atoms with van der Waals surface area (Å²) in [4.78, 5) is 38.2. The maximum Gasteiger partial charge on any atom is 0.341 e. The second kappa shape index (κ2) is 10.7. The van der Waals surface area contributed by atoms with Gasteiger partial charge in [0.1, 0.15) is 10.8 Å². The smallest absolute Gasteiger partial charge is 0.341 e. The maximum atomic E-state index is 12.5. The molecule has 0 radical (unpaired) electrons. The monoisotopic (exact) mass is 443 g/mol. The Balaban J connectivity index is 1.69. The summed E-state index contributed by atoms with van der Waals surface area (Å²) in [6.45, 7) is 1.97. The number of nitrogens with one attached hydrogen (secondary N) is 2. The molecule has 0 atom stereocenters. The highest BCUT2D eigenvalue weighted by Crippen LogP contribution is 2.38. The number of carbonyl (C=O) groups is 3. The highest BCUT2D eigenvalue weighted by atomic mass is 32.1. The fourth-order valence-electron chi connectivity index (χ4n) is 3.32. The average molecular weight is 444 g/mol. The molecule has 0 bridgehead atoms. The number of amides is 2. The first-order valence-electron chi connectivity index (χ1n) is 10.1. The molecule has 1 aromatic heterocycles. The predicted octanol–water partition coefficient (Wildman–Crippen LogP) is 3.29. The molecule has 9 heteroatoms. The lowest BCUT2D eigenvalue weighted by atomic mass is 10.1. The molecule has 3 rings (SSSR count). The van der Waals surface area contributed by atoms with Gasteiger partial charge < -0.3 is 14.8 Å². The highest BCUT2D eigenvalue weighted by Gasteiger charge is 2.27. The number of esters is 1. The van der Waals surface area contributed by atoms with Crippen molar-refractivity contribution in [1.29, 1.82) is 0 Å². The van der Waals surface area contributed by atoms with E-state index in [-0.39, 0.29) is 6.61 Å². The van der Waals surface area contributed by atoms with Gasteiger partial charge in [-0.2, -0.15) is 5.10 Å². The van der Waals surface area contributed by atoms with E-state index >= 15 is 0 Å². The van der Waals surface area contributed by atoms with Crippen LogP contribution in [-0.4, -0.2) is 37.7 Å². The Bertz CT molecular complexity index is 982. The lowest BCUT2D eigenvalue weighted by Gasteiger charge is -2.08. The van der Waals surface area contributed by atoms with Crippen molar-refractivity contribution in [2.45, 2.75) is 39.0 Å². The third-order valence-electron chi connectivity index (χ3n) is 4.83. The van der Waals surface area contributed by atoms with E-state index in [1.807, 2.05) is 0 Å². The highest BCUT2D eigenvalue weighted by molar-refractivity contribution is 7.17. The number of aryl methyl sites for hydroxylation is 1. The molecule has 1 aliphatic rings. The van der Waals surface area contributed by atoms with Crippen LogP contribution in [0.3, 0.4) is 0 Å². The molecule has 0 aliphatic heterocycles. The first-order chi connectivity index (χ1) is 15.0. The second-order valence-electron chi connectivity index (χ2n) is 6.92. The Kier molecular flexibility index (Phi) is 7.77. The number of anilines is 1. The van der Waals surface area contributed by atoms with E-state index in [9.17, 15) is 14.4 Å². The van der Waals surface area contributed by atoms with Crippen LogP contribution in [0.15, 0.2) is 29.4 Å². The van der Waals surface area contributed by atoms with Crippen molar-refractivity contribution >= 4 is 40.3 Å². The minimum atomic E-state index is -0.928. The number of hydrogen-bond donors (Lipinski definition) is 2. The van der Waals surface area contributed by atoms with Gasteiger partial charge in [-0.15, -0.1) is 11.3 Å². The summed E-state index contributed by atoms with van der Waals surface area (Å²) in [7, 11) is 1.57. The summed E-state index contributed by atoms with van der Waals surface area (Å²) >= 11 is 1.34. The van der Waals surface area contributed by atoms with Gasteiger partial charge in [0.25, 0.3) is 0 Å². The zero-order chi connectivity index (χ0) is 22.2. The Labute approximate surface area is 184 Å². The average Bonchev–Trinajstić information content (AvgIpc) is 2.94. The fourth-order valence-corrected chi connectivity index (χ4v) is 4.59. The lowest BCUT2D eigenvalue weighted by molar-refractivity contribution is -0.136. The molecule has 1 aliphatic carbocycles. The molecule has 2 amide bonds. The quantitative estimate of drug-likeness (QED) is 0.234. The number of nitrogens with zero attached hydrogens (tertiary/aromatic N) is 1. The summed E-state index contributed by atoms with van der Waals surface area (Å²) in [6.07, 6.45) is 6.13. The summed E-state index contributed by atoms with van der Waals surface area (Å²) < 4.78 is 10.3. The summed E-state index contributed by atoms with van der Waals surface area (Å²) in [6, 6.07) is 7.04. The standard InChI is InChI=1S/C22H25N3O5S/c1-3-30-22(28)18-16-7-5-4-6-8-17(16)31-21(18)24-19(26)20(27)25-23-13-14-9-11-15(29-2)12-10-14/h9-13H,3-8H2,1-2H3,(H,24,26)(H,25,27)/b23-13+. The molecule has 2 aromatic rings. The SMILES string of the molecule is CCOC(=O)c1c(NC(=O)C(=O)N/N=C/c2ccc(OC)cc2)sc2c1CCCCC2. The zero-order valence-corrected chi connectivity index (χ0v) is 18.3. The Hall–Kier alpha value is -3.20. The maximum absolute atomic E-state index is 12.5. The minimum absolute atomic E-state index is 0.234. The van der Waals surface area contributed by atoms with E-state index in [4.69, 9.17) is 9.47 Å². The molecule has 2 N–H and O–H groups in total.